The summed E-state index contributed by atoms with van der Waals surface area (Å²) < 4.78 is 18.1. The highest BCUT2D eigenvalue weighted by atomic mass is 32.1. The molecule has 0 unspecified atom stereocenters. The molecule has 0 bridgehead atoms. The van der Waals surface area contributed by atoms with Gasteiger partial charge < -0.3 is 10.5 Å². The Morgan fingerprint density at radius 2 is 2.22 bits per heavy atom. The van der Waals surface area contributed by atoms with E-state index in [1.165, 1.54) is 13.2 Å². The summed E-state index contributed by atoms with van der Waals surface area (Å²) in [5, 5.41) is 0.242. The second kappa shape index (κ2) is 4.73. The van der Waals surface area contributed by atoms with Gasteiger partial charge in [0.15, 0.2) is 10.8 Å². The lowest BCUT2D eigenvalue weighted by Gasteiger charge is -2.02. The number of carbonyl (C=O) groups excluding carboxylic acids is 1. The van der Waals surface area contributed by atoms with Gasteiger partial charge in [-0.2, -0.15) is 0 Å². The summed E-state index contributed by atoms with van der Waals surface area (Å²) in [4.78, 5) is 16.0. The number of esters is 1. The quantitative estimate of drug-likeness (QED) is 0.849. The van der Waals surface area contributed by atoms with Crippen LogP contribution in [0.4, 0.5) is 9.52 Å². The van der Waals surface area contributed by atoms with E-state index in [-0.39, 0.29) is 16.6 Å². The van der Waals surface area contributed by atoms with E-state index in [2.05, 4.69) is 9.72 Å². The summed E-state index contributed by atoms with van der Waals surface area (Å²) >= 11 is 1.12. The summed E-state index contributed by atoms with van der Waals surface area (Å²) in [7, 11) is 1.26. The smallest absolute Gasteiger partial charge is 0.358 e. The van der Waals surface area contributed by atoms with Crippen LogP contribution in [0.3, 0.4) is 0 Å². The second-order valence-electron chi connectivity index (χ2n) is 3.69. The van der Waals surface area contributed by atoms with Crippen LogP contribution < -0.4 is 5.73 Å². The Hall–Kier alpha value is -1.95. The maximum Gasteiger partial charge on any atom is 0.358 e. The third-order valence-corrected chi connectivity index (χ3v) is 3.39. The van der Waals surface area contributed by atoms with Gasteiger partial charge in [0.2, 0.25) is 0 Å². The number of halogens is 1. The van der Waals surface area contributed by atoms with Gasteiger partial charge in [-0.15, -0.1) is 0 Å². The zero-order valence-corrected chi connectivity index (χ0v) is 10.7. The SMILES string of the molecule is COC(=O)c1nc(N)sc1-c1ccc(C)c(F)c1. The van der Waals surface area contributed by atoms with Gasteiger partial charge in [0.25, 0.3) is 0 Å². The number of hydrogen-bond donors (Lipinski definition) is 1. The van der Waals surface area contributed by atoms with E-state index in [4.69, 9.17) is 5.73 Å². The van der Waals surface area contributed by atoms with Crippen molar-refractivity contribution < 1.29 is 13.9 Å². The third-order valence-electron chi connectivity index (χ3n) is 2.46. The first-order valence-corrected chi connectivity index (χ1v) is 5.95. The van der Waals surface area contributed by atoms with E-state index in [9.17, 15) is 9.18 Å². The molecule has 94 valence electrons. The van der Waals surface area contributed by atoms with Crippen molar-refractivity contribution in [2.75, 3.05) is 12.8 Å². The number of nitrogens with zero attached hydrogens (tertiary/aromatic N) is 1. The first-order valence-electron chi connectivity index (χ1n) is 5.14. The Bertz CT molecular complexity index is 610. The molecule has 1 aromatic heterocycles. The first kappa shape index (κ1) is 12.5. The molecule has 4 nitrogen and oxygen atoms in total. The first-order chi connectivity index (χ1) is 8.52. The number of ether oxygens (including phenoxy) is 1. The van der Waals surface area contributed by atoms with Crippen LogP contribution >= 0.6 is 11.3 Å². The number of carbonyl (C=O) groups is 1. The average molecular weight is 266 g/mol. The van der Waals surface area contributed by atoms with Crippen molar-refractivity contribution in [2.45, 2.75) is 6.92 Å². The fourth-order valence-corrected chi connectivity index (χ4v) is 2.32. The van der Waals surface area contributed by atoms with Crippen molar-refractivity contribution in [1.29, 1.82) is 0 Å². The molecule has 2 aromatic rings. The Labute approximate surface area is 107 Å². The molecule has 0 fully saturated rings. The number of hydrogen-bond acceptors (Lipinski definition) is 5. The highest BCUT2D eigenvalue weighted by molar-refractivity contribution is 7.19. The number of nitrogen functional groups attached to an aromatic ring is 1. The minimum Gasteiger partial charge on any atom is -0.464 e. The van der Waals surface area contributed by atoms with Crippen molar-refractivity contribution in [3.05, 3.63) is 35.3 Å². The number of aryl methyl sites for hydroxylation is 1. The van der Waals surface area contributed by atoms with Gasteiger partial charge in [-0.3, -0.25) is 0 Å². The van der Waals surface area contributed by atoms with Crippen molar-refractivity contribution >= 4 is 22.4 Å². The zero-order valence-electron chi connectivity index (χ0n) is 9.86. The Morgan fingerprint density at radius 1 is 1.50 bits per heavy atom. The van der Waals surface area contributed by atoms with E-state index in [0.29, 0.717) is 16.0 Å². The molecule has 0 amide bonds. The van der Waals surface area contributed by atoms with Crippen LogP contribution in [0.25, 0.3) is 10.4 Å². The third kappa shape index (κ3) is 2.19. The lowest BCUT2D eigenvalue weighted by molar-refractivity contribution is 0.0596. The predicted molar refractivity (Wildman–Crippen MR) is 68.0 cm³/mol. The number of nitrogens with two attached hydrogens (primary N) is 1. The topological polar surface area (TPSA) is 65.2 Å². The summed E-state index contributed by atoms with van der Waals surface area (Å²) in [5.41, 5.74) is 6.80. The largest absolute Gasteiger partial charge is 0.464 e. The van der Waals surface area contributed by atoms with E-state index in [1.807, 2.05) is 0 Å². The van der Waals surface area contributed by atoms with Gasteiger partial charge in [-0.05, 0) is 24.1 Å². The molecule has 0 saturated heterocycles. The molecule has 0 radical (unpaired) electrons. The number of methoxy groups -OCH3 is 1. The van der Waals surface area contributed by atoms with Crippen LogP contribution in [0, 0.1) is 12.7 Å². The van der Waals surface area contributed by atoms with E-state index in [0.717, 1.165) is 11.3 Å². The maximum atomic E-state index is 13.5. The minimum atomic E-state index is -0.584. The van der Waals surface area contributed by atoms with Gasteiger partial charge in [0.05, 0.1) is 12.0 Å². The molecule has 1 aromatic carbocycles. The molecular weight excluding hydrogens is 255 g/mol. The predicted octanol–water partition coefficient (Wildman–Crippen LogP) is 2.63. The Morgan fingerprint density at radius 3 is 2.83 bits per heavy atom. The highest BCUT2D eigenvalue weighted by Crippen LogP contribution is 2.32. The normalized spacial score (nSPS) is 10.4. The van der Waals surface area contributed by atoms with Gasteiger partial charge in [0, 0.05) is 0 Å². The lowest BCUT2D eigenvalue weighted by Crippen LogP contribution is -2.03. The van der Waals surface area contributed by atoms with Crippen molar-refractivity contribution in [3.63, 3.8) is 0 Å². The number of rotatable bonds is 2. The summed E-state index contributed by atoms with van der Waals surface area (Å²) in [6.45, 7) is 1.67. The summed E-state index contributed by atoms with van der Waals surface area (Å²) in [6.07, 6.45) is 0. The van der Waals surface area contributed by atoms with Crippen LogP contribution in [-0.2, 0) is 4.74 Å². The number of anilines is 1. The monoisotopic (exact) mass is 266 g/mol. The average Bonchev–Trinajstić information content (AvgIpc) is 2.74. The molecule has 0 aliphatic carbocycles. The van der Waals surface area contributed by atoms with Gasteiger partial charge in [0.1, 0.15) is 5.82 Å². The second-order valence-corrected chi connectivity index (χ2v) is 4.72. The molecule has 6 heteroatoms. The molecule has 0 aliphatic rings. The molecule has 0 aliphatic heterocycles. The van der Waals surface area contributed by atoms with Crippen molar-refractivity contribution in [3.8, 4) is 10.4 Å². The van der Waals surface area contributed by atoms with Gasteiger partial charge >= 0.3 is 5.97 Å². The molecule has 0 spiro atoms. The fourth-order valence-electron chi connectivity index (χ4n) is 1.50. The molecule has 2 N–H and O–H groups in total. The van der Waals surface area contributed by atoms with E-state index >= 15 is 0 Å². The van der Waals surface area contributed by atoms with E-state index in [1.54, 1.807) is 19.1 Å². The maximum absolute atomic E-state index is 13.5. The van der Waals surface area contributed by atoms with Crippen LogP contribution in [0.1, 0.15) is 16.1 Å². The van der Waals surface area contributed by atoms with Gasteiger partial charge in [-0.25, -0.2) is 14.2 Å². The standard InChI is InChI=1S/C12H11FN2O2S/c1-6-3-4-7(5-8(6)13)10-9(11(16)17-2)15-12(14)18-10/h3-5H,1-2H3,(H2,14,15). The molecule has 1 heterocycles. The molecule has 0 atom stereocenters. The van der Waals surface area contributed by atoms with Crippen LogP contribution in [0.2, 0.25) is 0 Å². The van der Waals surface area contributed by atoms with Crippen LogP contribution in [0.15, 0.2) is 18.2 Å². The van der Waals surface area contributed by atoms with Crippen molar-refractivity contribution in [2.24, 2.45) is 0 Å². The Balaban J connectivity index is 2.56. The minimum absolute atomic E-state index is 0.114. The molecular formula is C12H11FN2O2S. The number of aromatic nitrogens is 1. The van der Waals surface area contributed by atoms with Crippen LogP contribution in [0.5, 0.6) is 0 Å². The van der Waals surface area contributed by atoms with Gasteiger partial charge in [-0.1, -0.05) is 23.5 Å². The number of benzene rings is 1. The van der Waals surface area contributed by atoms with Crippen LogP contribution in [-0.4, -0.2) is 18.1 Å². The highest BCUT2D eigenvalue weighted by Gasteiger charge is 2.19. The fraction of sp³-hybridized carbons (Fsp3) is 0.167. The summed E-state index contributed by atoms with van der Waals surface area (Å²) in [6, 6.07) is 4.72. The lowest BCUT2D eigenvalue weighted by atomic mass is 10.1. The van der Waals surface area contributed by atoms with E-state index < -0.39 is 5.97 Å². The molecule has 18 heavy (non-hydrogen) atoms. The molecule has 2 rings (SSSR count). The molecule has 0 saturated carbocycles. The van der Waals surface area contributed by atoms with Crippen molar-refractivity contribution in [1.82, 2.24) is 4.98 Å². The Kier molecular flexibility index (Phi) is 3.29. The number of thiazole rings is 1. The zero-order chi connectivity index (χ0) is 13.3. The summed E-state index contributed by atoms with van der Waals surface area (Å²) in [5.74, 6) is -0.922.